The molecule has 5 heteroatoms. The molecule has 5 rings (SSSR count). The lowest BCUT2D eigenvalue weighted by molar-refractivity contribution is -0.310. The summed E-state index contributed by atoms with van der Waals surface area (Å²) in [6.45, 7) is 17.4. The summed E-state index contributed by atoms with van der Waals surface area (Å²) < 4.78 is 20.0. The maximum Gasteiger partial charge on any atom is 0.175 e. The molecule has 5 fully saturated rings. The van der Waals surface area contributed by atoms with Gasteiger partial charge in [0.1, 0.15) is 5.60 Å². The van der Waals surface area contributed by atoms with Crippen LogP contribution in [0.2, 0.25) is 0 Å². The van der Waals surface area contributed by atoms with Gasteiger partial charge in [0.15, 0.2) is 11.6 Å². The fraction of sp³-hybridized carbons (Fsp3) is 0.967. The Morgan fingerprint density at radius 1 is 0.857 bits per heavy atom. The maximum atomic E-state index is 12.9. The Bertz CT molecular complexity index is 867. The molecule has 200 valence electrons. The van der Waals surface area contributed by atoms with Crippen LogP contribution in [0.15, 0.2) is 0 Å². The molecule has 35 heavy (non-hydrogen) atoms. The Hall–Kier alpha value is -0.490. The van der Waals surface area contributed by atoms with Crippen LogP contribution < -0.4 is 0 Å². The minimum atomic E-state index is -0.856. The molecule has 0 aromatic carbocycles. The number of hydrogen-bond donors (Lipinski definition) is 1. The number of ether oxygens (including phenoxy) is 3. The van der Waals surface area contributed by atoms with Gasteiger partial charge in [0.05, 0.1) is 23.4 Å². The second-order valence-corrected chi connectivity index (χ2v) is 14.5. The minimum Gasteiger partial charge on any atom is -0.389 e. The van der Waals surface area contributed by atoms with Gasteiger partial charge < -0.3 is 19.3 Å². The summed E-state index contributed by atoms with van der Waals surface area (Å²) in [4.78, 5) is 12.9. The van der Waals surface area contributed by atoms with E-state index in [1.807, 2.05) is 13.8 Å². The molecule has 3 aliphatic heterocycles. The molecule has 1 N–H and O–H groups in total. The van der Waals surface area contributed by atoms with E-state index in [9.17, 15) is 9.90 Å². The van der Waals surface area contributed by atoms with Crippen LogP contribution in [-0.2, 0) is 19.0 Å². The summed E-state index contributed by atoms with van der Waals surface area (Å²) >= 11 is 0. The van der Waals surface area contributed by atoms with Crippen LogP contribution in [-0.4, -0.2) is 45.7 Å². The number of Topliss-reactive ketones (excluding diaryl/α,β-unsaturated/α-hetero) is 1. The number of aliphatic hydroxyl groups is 1. The molecule has 5 aliphatic rings. The summed E-state index contributed by atoms with van der Waals surface area (Å²) in [5.74, 6) is 0.837. The molecule has 2 aliphatic carbocycles. The second kappa shape index (κ2) is 8.01. The largest absolute Gasteiger partial charge is 0.389 e. The predicted octanol–water partition coefficient (Wildman–Crippen LogP) is 6.20. The minimum absolute atomic E-state index is 0.0541. The zero-order valence-corrected chi connectivity index (χ0v) is 23.5. The molecule has 2 bridgehead atoms. The standard InChI is InChI=1S/C30H50O5/c1-19-11-18-30-27(7,16-14-23(34-30)26(5,6)35-30)21(19)12-17-29(32)20(2)9-10-24-28(29,8)15-13-22(31)25(3,4)33-24/h19-21,23-24,32H,9-18H2,1-8H3/t19-,20+,21-,23+,24+,27+,28-,29+,30+/m0/s1. The van der Waals surface area contributed by atoms with E-state index in [0.717, 1.165) is 51.4 Å². The third-order valence-corrected chi connectivity index (χ3v) is 12.0. The lowest BCUT2D eigenvalue weighted by Crippen LogP contribution is -2.62. The molecule has 0 aromatic rings. The van der Waals surface area contributed by atoms with Gasteiger partial charge in [-0.05, 0) is 96.8 Å². The van der Waals surface area contributed by atoms with Crippen molar-refractivity contribution in [2.75, 3.05) is 0 Å². The van der Waals surface area contributed by atoms with E-state index < -0.39 is 22.4 Å². The predicted molar refractivity (Wildman–Crippen MR) is 136 cm³/mol. The van der Waals surface area contributed by atoms with Gasteiger partial charge in [0, 0.05) is 23.7 Å². The van der Waals surface area contributed by atoms with Crippen LogP contribution in [0, 0.1) is 28.6 Å². The number of rotatable bonds is 3. The molecular formula is C30H50O5. The average Bonchev–Trinajstić information content (AvgIpc) is 2.95. The highest BCUT2D eigenvalue weighted by Gasteiger charge is 2.68. The third kappa shape index (κ3) is 3.57. The van der Waals surface area contributed by atoms with E-state index in [4.69, 9.17) is 14.2 Å². The maximum absolute atomic E-state index is 12.9. The first-order valence-electron chi connectivity index (χ1n) is 14.4. The van der Waals surface area contributed by atoms with Crippen LogP contribution in [0.25, 0.3) is 0 Å². The highest BCUT2D eigenvalue weighted by atomic mass is 16.8. The van der Waals surface area contributed by atoms with Crippen molar-refractivity contribution >= 4 is 5.78 Å². The Morgan fingerprint density at radius 2 is 1.57 bits per heavy atom. The Labute approximate surface area is 213 Å². The molecule has 0 radical (unpaired) electrons. The van der Waals surface area contributed by atoms with Crippen molar-refractivity contribution in [1.29, 1.82) is 0 Å². The van der Waals surface area contributed by atoms with Gasteiger partial charge >= 0.3 is 0 Å². The normalized spacial score (nSPS) is 52.9. The summed E-state index contributed by atoms with van der Waals surface area (Å²) in [5.41, 5.74) is -2.35. The Balaban J connectivity index is 1.43. The van der Waals surface area contributed by atoms with Crippen LogP contribution in [0.4, 0.5) is 0 Å². The van der Waals surface area contributed by atoms with Crippen LogP contribution in [0.5, 0.6) is 0 Å². The molecule has 0 aromatic heterocycles. The van der Waals surface area contributed by atoms with E-state index in [0.29, 0.717) is 24.7 Å². The van der Waals surface area contributed by atoms with Crippen molar-refractivity contribution < 1.29 is 24.1 Å². The molecule has 3 saturated heterocycles. The first kappa shape index (κ1) is 26.1. The first-order chi connectivity index (χ1) is 16.1. The molecule has 0 unspecified atom stereocenters. The van der Waals surface area contributed by atoms with E-state index in [1.165, 1.54) is 0 Å². The molecule has 2 saturated carbocycles. The first-order valence-corrected chi connectivity index (χ1v) is 14.4. The van der Waals surface area contributed by atoms with Crippen molar-refractivity contribution in [2.45, 2.75) is 154 Å². The van der Waals surface area contributed by atoms with Crippen molar-refractivity contribution in [3.63, 3.8) is 0 Å². The monoisotopic (exact) mass is 490 g/mol. The fourth-order valence-electron chi connectivity index (χ4n) is 9.25. The summed E-state index contributed by atoms with van der Waals surface area (Å²) in [7, 11) is 0. The topological polar surface area (TPSA) is 65.0 Å². The second-order valence-electron chi connectivity index (χ2n) is 14.5. The molecular weight excluding hydrogens is 440 g/mol. The smallest absolute Gasteiger partial charge is 0.175 e. The molecule has 9 atom stereocenters. The number of ketones is 1. The molecule has 1 spiro atoms. The van der Waals surface area contributed by atoms with Crippen LogP contribution >= 0.6 is 0 Å². The van der Waals surface area contributed by atoms with Crippen molar-refractivity contribution in [2.24, 2.45) is 28.6 Å². The van der Waals surface area contributed by atoms with Gasteiger partial charge in [-0.25, -0.2) is 0 Å². The Morgan fingerprint density at radius 3 is 2.29 bits per heavy atom. The number of hydrogen-bond acceptors (Lipinski definition) is 5. The van der Waals surface area contributed by atoms with Gasteiger partial charge in [-0.15, -0.1) is 0 Å². The van der Waals surface area contributed by atoms with Gasteiger partial charge in [-0.1, -0.05) is 27.7 Å². The fourth-order valence-corrected chi connectivity index (χ4v) is 9.25. The lowest BCUT2D eigenvalue weighted by atomic mass is 9.52. The van der Waals surface area contributed by atoms with Crippen molar-refractivity contribution in [1.82, 2.24) is 0 Å². The van der Waals surface area contributed by atoms with Gasteiger partial charge in [0.25, 0.3) is 0 Å². The van der Waals surface area contributed by atoms with Crippen LogP contribution in [0.1, 0.15) is 120 Å². The zero-order valence-electron chi connectivity index (χ0n) is 23.5. The summed E-state index contributed by atoms with van der Waals surface area (Å²) in [5, 5.41) is 12.5. The average molecular weight is 491 g/mol. The molecule has 5 nitrogen and oxygen atoms in total. The SMILES string of the molecule is C[C@@H]1CC[C@H]2OC(C)(C)C(=O)CC[C@]2(C)[C@@]1(O)CC[C@H]1[C@@H](C)CC[C@]23O[C@H](CC[C@]12C)C(C)(C)O3. The van der Waals surface area contributed by atoms with Gasteiger partial charge in [0.2, 0.25) is 0 Å². The van der Waals surface area contributed by atoms with Crippen molar-refractivity contribution in [3.8, 4) is 0 Å². The van der Waals surface area contributed by atoms with E-state index in [2.05, 4.69) is 41.5 Å². The number of fused-ring (bicyclic) bond motifs is 2. The third-order valence-electron chi connectivity index (χ3n) is 12.0. The zero-order chi connectivity index (χ0) is 25.7. The molecule has 3 heterocycles. The highest BCUT2D eigenvalue weighted by Crippen LogP contribution is 2.65. The van der Waals surface area contributed by atoms with Crippen LogP contribution in [0.3, 0.4) is 0 Å². The number of carbonyl (C=O) groups is 1. The molecule has 0 amide bonds. The quantitative estimate of drug-likeness (QED) is 0.510. The highest BCUT2D eigenvalue weighted by molar-refractivity contribution is 5.86. The summed E-state index contributed by atoms with van der Waals surface area (Å²) in [6, 6.07) is 0. The summed E-state index contributed by atoms with van der Waals surface area (Å²) in [6.07, 6.45) is 9.04. The van der Waals surface area contributed by atoms with E-state index >= 15 is 0 Å². The van der Waals surface area contributed by atoms with Crippen molar-refractivity contribution in [3.05, 3.63) is 0 Å². The van der Waals surface area contributed by atoms with Gasteiger partial charge in [-0.2, -0.15) is 0 Å². The van der Waals surface area contributed by atoms with E-state index in [1.54, 1.807) is 0 Å². The lowest BCUT2D eigenvalue weighted by Gasteiger charge is -2.59. The van der Waals surface area contributed by atoms with E-state index in [-0.39, 0.29) is 34.9 Å². The van der Waals surface area contributed by atoms with Gasteiger partial charge in [-0.3, -0.25) is 4.79 Å². The Kier molecular flexibility index (Phi) is 5.98. The number of carbonyl (C=O) groups excluding carboxylic acids is 1.